The van der Waals surface area contributed by atoms with Gasteiger partial charge in [0.25, 0.3) is 0 Å². The molecule has 1 amide bonds. The van der Waals surface area contributed by atoms with Crippen LogP contribution in [-0.4, -0.2) is 40.3 Å². The number of nitrogens with zero attached hydrogens (tertiary/aromatic N) is 1. The van der Waals surface area contributed by atoms with E-state index in [-0.39, 0.29) is 18.5 Å². The van der Waals surface area contributed by atoms with Crippen LogP contribution in [-0.2, 0) is 14.8 Å². The number of amides is 1. The summed E-state index contributed by atoms with van der Waals surface area (Å²) in [6.45, 7) is 8.48. The van der Waals surface area contributed by atoms with Crippen molar-refractivity contribution in [2.24, 2.45) is 0 Å². The maximum atomic E-state index is 12.7. The van der Waals surface area contributed by atoms with Gasteiger partial charge in [-0.15, -0.1) is 0 Å². The average Bonchev–Trinajstić information content (AvgIpc) is 2.67. The Morgan fingerprint density at radius 1 is 1.03 bits per heavy atom. The fraction of sp³-hybridized carbons (Fsp3) is 0.409. The van der Waals surface area contributed by atoms with Crippen molar-refractivity contribution in [2.45, 2.75) is 33.7 Å². The summed E-state index contributed by atoms with van der Waals surface area (Å²) in [5.41, 5.74) is 4.78. The third kappa shape index (κ3) is 4.87. The second-order valence-corrected chi connectivity index (χ2v) is 9.59. The van der Waals surface area contributed by atoms with Gasteiger partial charge in [-0.3, -0.25) is 9.10 Å². The van der Waals surface area contributed by atoms with Crippen molar-refractivity contribution in [3.05, 3.63) is 52.6 Å². The molecule has 1 atom stereocenters. The Hall–Kier alpha value is -2.74. The highest BCUT2D eigenvalue weighted by Gasteiger charge is 2.24. The van der Waals surface area contributed by atoms with Gasteiger partial charge in [0, 0.05) is 6.07 Å². The van der Waals surface area contributed by atoms with Crippen LogP contribution in [0.1, 0.15) is 35.2 Å². The maximum absolute atomic E-state index is 12.7. The highest BCUT2D eigenvalue weighted by molar-refractivity contribution is 7.92. The van der Waals surface area contributed by atoms with E-state index in [1.54, 1.807) is 18.2 Å². The molecule has 30 heavy (non-hydrogen) atoms. The number of anilines is 1. The molecular formula is C22H28N2O5S. The number of carbonyl (C=O) groups excluding carboxylic acids is 1. The molecule has 0 radical (unpaired) electrons. The van der Waals surface area contributed by atoms with Crippen LogP contribution in [0.5, 0.6) is 11.5 Å². The fourth-order valence-electron chi connectivity index (χ4n) is 3.53. The molecule has 3 rings (SSSR count). The zero-order valence-electron chi connectivity index (χ0n) is 18.0. The van der Waals surface area contributed by atoms with E-state index in [9.17, 15) is 13.2 Å². The lowest BCUT2D eigenvalue weighted by molar-refractivity contribution is -0.120. The van der Waals surface area contributed by atoms with Gasteiger partial charge in [-0.05, 0) is 62.1 Å². The van der Waals surface area contributed by atoms with Crippen LogP contribution in [0.2, 0.25) is 0 Å². The first-order chi connectivity index (χ1) is 14.1. The molecule has 0 saturated heterocycles. The highest BCUT2D eigenvalue weighted by Crippen LogP contribution is 2.34. The summed E-state index contributed by atoms with van der Waals surface area (Å²) in [5.74, 6) is 0.633. The zero-order valence-corrected chi connectivity index (χ0v) is 18.8. The SMILES string of the molecule is Cc1cc(C)c(C(C)NC(=O)CN(c2ccc3c(c2)OCCO3)S(C)(=O)=O)cc1C. The van der Waals surface area contributed by atoms with E-state index in [0.29, 0.717) is 30.4 Å². The molecule has 8 heteroatoms. The quantitative estimate of drug-likeness (QED) is 0.758. The van der Waals surface area contributed by atoms with Gasteiger partial charge in [0.1, 0.15) is 19.8 Å². The molecule has 1 aliphatic heterocycles. The average molecular weight is 433 g/mol. The summed E-state index contributed by atoms with van der Waals surface area (Å²) >= 11 is 0. The molecule has 0 aromatic heterocycles. The van der Waals surface area contributed by atoms with Gasteiger partial charge < -0.3 is 14.8 Å². The van der Waals surface area contributed by atoms with E-state index in [0.717, 1.165) is 27.3 Å². The summed E-state index contributed by atoms with van der Waals surface area (Å²) < 4.78 is 36.9. The second kappa shape index (κ2) is 8.55. The standard InChI is InChI=1S/C22H28N2O5S/c1-14-10-16(3)19(11-15(14)2)17(4)23-22(25)13-24(30(5,26)27)18-6-7-20-21(12-18)29-9-8-28-20/h6-7,10-12,17H,8-9,13H2,1-5H3,(H,23,25). The molecule has 0 fully saturated rings. The maximum Gasteiger partial charge on any atom is 0.241 e. The van der Waals surface area contributed by atoms with Gasteiger partial charge in [0.05, 0.1) is 18.0 Å². The van der Waals surface area contributed by atoms with E-state index in [1.807, 2.05) is 27.7 Å². The van der Waals surface area contributed by atoms with Crippen molar-refractivity contribution >= 4 is 21.6 Å². The van der Waals surface area contributed by atoms with Gasteiger partial charge in [-0.1, -0.05) is 12.1 Å². The molecule has 0 bridgehead atoms. The minimum absolute atomic E-state index is 0.251. The van der Waals surface area contributed by atoms with Crippen LogP contribution >= 0.6 is 0 Å². The number of benzene rings is 2. The number of carbonyl (C=O) groups is 1. The molecule has 1 aliphatic rings. The van der Waals surface area contributed by atoms with Crippen molar-refractivity contribution in [1.29, 1.82) is 0 Å². The number of ether oxygens (including phenoxy) is 2. The summed E-state index contributed by atoms with van der Waals surface area (Å²) in [5, 5.41) is 2.92. The first kappa shape index (κ1) is 22.0. The number of hydrogen-bond donors (Lipinski definition) is 1. The normalized spacial score (nSPS) is 14.2. The highest BCUT2D eigenvalue weighted by atomic mass is 32.2. The zero-order chi connectivity index (χ0) is 22.1. The van der Waals surface area contributed by atoms with Crippen molar-refractivity contribution in [1.82, 2.24) is 5.32 Å². The monoisotopic (exact) mass is 432 g/mol. The molecule has 2 aromatic carbocycles. The Bertz CT molecular complexity index is 1070. The number of nitrogens with one attached hydrogen (secondary N) is 1. The van der Waals surface area contributed by atoms with Gasteiger partial charge in [0.2, 0.25) is 15.9 Å². The van der Waals surface area contributed by atoms with Crippen molar-refractivity contribution in [3.8, 4) is 11.5 Å². The Morgan fingerprint density at radius 2 is 1.67 bits per heavy atom. The molecule has 1 N–H and O–H groups in total. The Kier molecular flexibility index (Phi) is 6.26. The first-order valence-corrected chi connectivity index (χ1v) is 11.7. The molecule has 1 unspecified atom stereocenters. The summed E-state index contributed by atoms with van der Waals surface area (Å²) in [7, 11) is -3.68. The van der Waals surface area contributed by atoms with Crippen LogP contribution in [0.4, 0.5) is 5.69 Å². The molecule has 162 valence electrons. The van der Waals surface area contributed by atoms with E-state index in [4.69, 9.17) is 9.47 Å². The van der Waals surface area contributed by atoms with Crippen LogP contribution in [0.3, 0.4) is 0 Å². The van der Waals surface area contributed by atoms with Crippen LogP contribution in [0.15, 0.2) is 30.3 Å². The lowest BCUT2D eigenvalue weighted by Crippen LogP contribution is -2.41. The molecule has 7 nitrogen and oxygen atoms in total. The number of hydrogen-bond acceptors (Lipinski definition) is 5. The molecule has 0 saturated carbocycles. The predicted molar refractivity (Wildman–Crippen MR) is 117 cm³/mol. The largest absolute Gasteiger partial charge is 0.486 e. The number of rotatable bonds is 6. The van der Waals surface area contributed by atoms with E-state index in [1.165, 1.54) is 5.56 Å². The number of sulfonamides is 1. The van der Waals surface area contributed by atoms with Gasteiger partial charge >= 0.3 is 0 Å². The molecule has 1 heterocycles. The summed E-state index contributed by atoms with van der Waals surface area (Å²) in [4.78, 5) is 12.7. The molecule has 0 aliphatic carbocycles. The third-order valence-electron chi connectivity index (χ3n) is 5.23. The first-order valence-electron chi connectivity index (χ1n) is 9.80. The molecule has 2 aromatic rings. The summed E-state index contributed by atoms with van der Waals surface area (Å²) in [6.07, 6.45) is 1.08. The minimum Gasteiger partial charge on any atom is -0.486 e. The minimum atomic E-state index is -3.68. The van der Waals surface area contributed by atoms with Gasteiger partial charge in [0.15, 0.2) is 11.5 Å². The predicted octanol–water partition coefficient (Wildman–Crippen LogP) is 3.03. The summed E-state index contributed by atoms with van der Waals surface area (Å²) in [6, 6.07) is 8.74. The van der Waals surface area contributed by atoms with Gasteiger partial charge in [-0.2, -0.15) is 0 Å². The second-order valence-electron chi connectivity index (χ2n) is 7.68. The van der Waals surface area contributed by atoms with E-state index < -0.39 is 10.0 Å². The van der Waals surface area contributed by atoms with E-state index >= 15 is 0 Å². The smallest absolute Gasteiger partial charge is 0.241 e. The third-order valence-corrected chi connectivity index (χ3v) is 6.37. The lowest BCUT2D eigenvalue weighted by atomic mass is 9.96. The Labute approximate surface area is 178 Å². The van der Waals surface area contributed by atoms with Crippen molar-refractivity contribution in [3.63, 3.8) is 0 Å². The Balaban J connectivity index is 1.79. The van der Waals surface area contributed by atoms with Crippen molar-refractivity contribution in [2.75, 3.05) is 30.3 Å². The van der Waals surface area contributed by atoms with Crippen LogP contribution in [0.25, 0.3) is 0 Å². The molecular weight excluding hydrogens is 404 g/mol. The number of aryl methyl sites for hydroxylation is 3. The van der Waals surface area contributed by atoms with E-state index in [2.05, 4.69) is 17.4 Å². The lowest BCUT2D eigenvalue weighted by Gasteiger charge is -2.26. The van der Waals surface area contributed by atoms with Gasteiger partial charge in [-0.25, -0.2) is 8.42 Å². The Morgan fingerprint density at radius 3 is 2.33 bits per heavy atom. The topological polar surface area (TPSA) is 84.9 Å². The number of fused-ring (bicyclic) bond motifs is 1. The van der Waals surface area contributed by atoms with Crippen molar-refractivity contribution < 1.29 is 22.7 Å². The van der Waals surface area contributed by atoms with Crippen LogP contribution in [0, 0.1) is 20.8 Å². The van der Waals surface area contributed by atoms with Crippen LogP contribution < -0.4 is 19.1 Å². The fourth-order valence-corrected chi connectivity index (χ4v) is 4.38. The molecule has 0 spiro atoms.